The lowest BCUT2D eigenvalue weighted by molar-refractivity contribution is -0.347. The van der Waals surface area contributed by atoms with Crippen molar-refractivity contribution in [2.24, 2.45) is 0 Å². The maximum atomic E-state index is 6.41. The molecule has 2 aromatic carbocycles. The molecule has 2 aromatic heterocycles. The number of nitrogens with zero attached hydrogens (tertiary/aromatic N) is 2. The first-order chi connectivity index (χ1) is 12.6. The summed E-state index contributed by atoms with van der Waals surface area (Å²) in [6.07, 6.45) is 1.65. The van der Waals surface area contributed by atoms with Crippen LogP contribution in [0.2, 0.25) is 15.3 Å². The molecule has 4 aromatic rings. The second-order valence-electron chi connectivity index (χ2n) is 5.53. The summed E-state index contributed by atoms with van der Waals surface area (Å²) in [6, 6.07) is 13.2. The maximum absolute atomic E-state index is 6.41. The minimum absolute atomic E-state index is 0.112. The van der Waals surface area contributed by atoms with Crippen molar-refractivity contribution in [3.8, 4) is 17.0 Å². The molecule has 0 radical (unpaired) electrons. The number of aromatic nitrogens is 4. The third kappa shape index (κ3) is 3.33. The Morgan fingerprint density at radius 3 is 2.62 bits per heavy atom. The van der Waals surface area contributed by atoms with Gasteiger partial charge in [-0.15, -0.1) is 0 Å². The number of halogens is 3. The molecule has 0 atom stereocenters. The minimum Gasteiger partial charge on any atom is -0.487 e. The molecular weight excluding hydrogens is 395 g/mol. The highest BCUT2D eigenvalue weighted by molar-refractivity contribution is 6.37. The Balaban J connectivity index is 1.76. The third-order valence-electron chi connectivity index (χ3n) is 3.82. The second-order valence-corrected chi connectivity index (χ2v) is 6.69. The van der Waals surface area contributed by atoms with Crippen LogP contribution in [0.4, 0.5) is 0 Å². The standard InChI is InChI=1S/C18H11Cl3N4O/c19-12-7-13(20)14(26-8-10-4-2-1-3-5-10)6-11(12)15-16-17(23-9-22-16)25-18(21)24-15/h1-7,9H,8H2,(H,22,23,24,25)/p+1. The van der Waals surface area contributed by atoms with E-state index < -0.39 is 0 Å². The van der Waals surface area contributed by atoms with Crippen molar-refractivity contribution >= 4 is 46.0 Å². The number of benzene rings is 2. The van der Waals surface area contributed by atoms with Crippen LogP contribution in [-0.2, 0) is 6.61 Å². The van der Waals surface area contributed by atoms with Gasteiger partial charge in [-0.25, -0.2) is 4.98 Å². The van der Waals surface area contributed by atoms with Crippen LogP contribution in [0.3, 0.4) is 0 Å². The summed E-state index contributed by atoms with van der Waals surface area (Å²) in [4.78, 5) is 14.5. The molecule has 8 heteroatoms. The predicted octanol–water partition coefficient (Wildman–Crippen LogP) is 4.98. The van der Waals surface area contributed by atoms with Gasteiger partial charge in [-0.3, -0.25) is 4.98 Å². The molecule has 2 heterocycles. The van der Waals surface area contributed by atoms with Gasteiger partial charge in [0, 0.05) is 5.56 Å². The lowest BCUT2D eigenvalue weighted by atomic mass is 10.1. The van der Waals surface area contributed by atoms with E-state index in [2.05, 4.69) is 19.9 Å². The fourth-order valence-corrected chi connectivity index (χ4v) is 3.30. The number of rotatable bonds is 4. The maximum Gasteiger partial charge on any atom is 0.305 e. The summed E-state index contributed by atoms with van der Waals surface area (Å²) in [7, 11) is 0. The normalized spacial score (nSPS) is 11.0. The number of aromatic amines is 2. The van der Waals surface area contributed by atoms with Crippen LogP contribution in [-0.4, -0.2) is 15.0 Å². The van der Waals surface area contributed by atoms with Gasteiger partial charge in [0.2, 0.25) is 0 Å². The van der Waals surface area contributed by atoms with Crippen LogP contribution < -0.4 is 9.72 Å². The van der Waals surface area contributed by atoms with E-state index in [-0.39, 0.29) is 5.28 Å². The highest BCUT2D eigenvalue weighted by atomic mass is 35.5. The van der Waals surface area contributed by atoms with Gasteiger partial charge < -0.3 is 4.74 Å². The Kier molecular flexibility index (Phi) is 4.68. The van der Waals surface area contributed by atoms with E-state index in [4.69, 9.17) is 39.5 Å². The van der Waals surface area contributed by atoms with Crippen molar-refractivity contribution in [1.82, 2.24) is 15.0 Å². The first-order valence-electron chi connectivity index (χ1n) is 7.70. The molecule has 0 amide bonds. The molecule has 0 saturated heterocycles. The van der Waals surface area contributed by atoms with Crippen LogP contribution in [0.25, 0.3) is 22.4 Å². The smallest absolute Gasteiger partial charge is 0.305 e. The van der Waals surface area contributed by atoms with Crippen LogP contribution in [0.15, 0.2) is 48.8 Å². The van der Waals surface area contributed by atoms with Gasteiger partial charge in [-0.05, 0) is 29.3 Å². The summed E-state index contributed by atoms with van der Waals surface area (Å²) in [6.45, 7) is 0.387. The quantitative estimate of drug-likeness (QED) is 0.486. The van der Waals surface area contributed by atoms with E-state index in [1.54, 1.807) is 18.5 Å². The number of H-pyrrole nitrogens is 2. The summed E-state index contributed by atoms with van der Waals surface area (Å²) in [5, 5.41) is 0.970. The Morgan fingerprint density at radius 1 is 1.00 bits per heavy atom. The summed E-state index contributed by atoms with van der Waals surface area (Å²) in [5.74, 6) is 0.508. The lowest BCUT2D eigenvalue weighted by Gasteiger charge is -2.11. The zero-order valence-corrected chi connectivity index (χ0v) is 15.5. The van der Waals surface area contributed by atoms with Crippen LogP contribution in [0.1, 0.15) is 5.56 Å². The van der Waals surface area contributed by atoms with E-state index in [1.807, 2.05) is 30.3 Å². The number of imidazole rings is 1. The summed E-state index contributed by atoms with van der Waals surface area (Å²) in [5.41, 5.74) is 3.51. The Morgan fingerprint density at radius 2 is 1.81 bits per heavy atom. The molecule has 5 nitrogen and oxygen atoms in total. The van der Waals surface area contributed by atoms with Crippen LogP contribution in [0.5, 0.6) is 5.75 Å². The first kappa shape index (κ1) is 17.1. The molecule has 0 saturated carbocycles. The Hall–Kier alpha value is -2.34. The number of fused-ring (bicyclic) bond motifs is 1. The van der Waals surface area contributed by atoms with Crippen molar-refractivity contribution < 1.29 is 9.72 Å². The summed E-state index contributed by atoms with van der Waals surface area (Å²) < 4.78 is 5.88. The lowest BCUT2D eigenvalue weighted by Crippen LogP contribution is -2.00. The van der Waals surface area contributed by atoms with E-state index >= 15 is 0 Å². The molecule has 0 aliphatic heterocycles. The van der Waals surface area contributed by atoms with Gasteiger partial charge >= 0.3 is 5.65 Å². The zero-order chi connectivity index (χ0) is 18.1. The van der Waals surface area contributed by atoms with Gasteiger partial charge in [-0.2, -0.15) is 4.98 Å². The summed E-state index contributed by atoms with van der Waals surface area (Å²) >= 11 is 18.7. The number of hydrogen-bond donors (Lipinski definition) is 1. The van der Waals surface area contributed by atoms with Crippen molar-refractivity contribution in [3.05, 3.63) is 69.7 Å². The van der Waals surface area contributed by atoms with Crippen molar-refractivity contribution in [1.29, 1.82) is 0 Å². The predicted molar refractivity (Wildman–Crippen MR) is 102 cm³/mol. The molecule has 0 unspecified atom stereocenters. The molecule has 4 rings (SSSR count). The van der Waals surface area contributed by atoms with Crippen molar-refractivity contribution in [2.75, 3.05) is 0 Å². The molecule has 0 fully saturated rings. The number of nitrogens with one attached hydrogen (secondary N) is 2. The van der Waals surface area contributed by atoms with E-state index in [9.17, 15) is 0 Å². The molecule has 2 N–H and O–H groups in total. The molecule has 0 bridgehead atoms. The molecule has 0 aliphatic carbocycles. The SMILES string of the molecule is Clc1nc(-c2cc(OCc3ccccc3)c(Cl)cc2Cl)c2[nH]c[nH+]c2n1. The highest BCUT2D eigenvalue weighted by Gasteiger charge is 2.20. The van der Waals surface area contributed by atoms with Gasteiger partial charge in [0.1, 0.15) is 18.1 Å². The Labute approximate surface area is 163 Å². The average Bonchev–Trinajstić information content (AvgIpc) is 3.09. The minimum atomic E-state index is 0.112. The first-order valence-corrected chi connectivity index (χ1v) is 8.83. The van der Waals surface area contributed by atoms with Gasteiger partial charge in [-0.1, -0.05) is 58.5 Å². The molecule has 26 heavy (non-hydrogen) atoms. The Bertz CT molecular complexity index is 1080. The molecular formula is C18H12Cl3N4O+. The molecule has 0 spiro atoms. The fourth-order valence-electron chi connectivity index (χ4n) is 2.60. The van der Waals surface area contributed by atoms with Gasteiger partial charge in [0.25, 0.3) is 5.28 Å². The fraction of sp³-hybridized carbons (Fsp3) is 0.0556. The third-order valence-corrected chi connectivity index (χ3v) is 4.60. The largest absolute Gasteiger partial charge is 0.487 e. The van der Waals surface area contributed by atoms with Crippen LogP contribution >= 0.6 is 34.8 Å². The second kappa shape index (κ2) is 7.11. The highest BCUT2D eigenvalue weighted by Crippen LogP contribution is 2.38. The van der Waals surface area contributed by atoms with E-state index in [0.717, 1.165) is 5.56 Å². The zero-order valence-electron chi connectivity index (χ0n) is 13.3. The van der Waals surface area contributed by atoms with Crippen molar-refractivity contribution in [2.45, 2.75) is 6.61 Å². The number of hydrogen-bond acceptors (Lipinski definition) is 3. The monoisotopic (exact) mass is 405 g/mol. The van der Waals surface area contributed by atoms with E-state index in [1.165, 1.54) is 0 Å². The van der Waals surface area contributed by atoms with Gasteiger partial charge in [0.05, 0.1) is 10.0 Å². The molecule has 130 valence electrons. The average molecular weight is 407 g/mol. The van der Waals surface area contributed by atoms with Crippen LogP contribution in [0, 0.1) is 0 Å². The van der Waals surface area contributed by atoms with Crippen molar-refractivity contribution in [3.63, 3.8) is 0 Å². The topological polar surface area (TPSA) is 64.9 Å². The van der Waals surface area contributed by atoms with Gasteiger partial charge in [0.15, 0.2) is 11.8 Å². The van der Waals surface area contributed by atoms with E-state index in [0.29, 0.717) is 44.8 Å². The molecule has 0 aliphatic rings. The number of ether oxygens (including phenoxy) is 1.